The van der Waals surface area contributed by atoms with E-state index in [1.807, 2.05) is 0 Å². The third-order valence-corrected chi connectivity index (χ3v) is 1.68. The van der Waals surface area contributed by atoms with E-state index >= 15 is 0 Å². The molecule has 0 bridgehead atoms. The van der Waals surface area contributed by atoms with Crippen LogP contribution in [0.2, 0.25) is 0 Å². The Balaban J connectivity index is 3.08. The molecule has 1 amide bonds. The van der Waals surface area contributed by atoms with Crippen LogP contribution in [0.1, 0.15) is 39.0 Å². The molecule has 0 heterocycles. The number of amides is 1. The van der Waals surface area contributed by atoms with Gasteiger partial charge in [0, 0.05) is 6.54 Å². The fraction of sp³-hybridized carbons (Fsp3) is 0.800. The summed E-state index contributed by atoms with van der Waals surface area (Å²) in [5.74, 6) is 0. The molecular weight excluding hydrogens is 166 g/mol. The van der Waals surface area contributed by atoms with Gasteiger partial charge in [0.25, 0.3) is 0 Å². The molecule has 1 radical (unpaired) electrons. The lowest BCUT2D eigenvalue weighted by molar-refractivity contribution is 0.144. The second kappa shape index (κ2) is 9.36. The maximum atomic E-state index is 10.9. The summed E-state index contributed by atoms with van der Waals surface area (Å²) in [6.07, 6.45) is 4.90. The van der Waals surface area contributed by atoms with E-state index in [0.717, 1.165) is 12.8 Å². The van der Waals surface area contributed by atoms with E-state index in [1.54, 1.807) is 0 Å². The van der Waals surface area contributed by atoms with Crippen molar-refractivity contribution in [3.05, 3.63) is 6.92 Å². The van der Waals surface area contributed by atoms with Crippen LogP contribution in [0.3, 0.4) is 0 Å². The zero-order chi connectivity index (χ0) is 9.94. The molecular formula is C10H20NO2. The SMILES string of the molecule is [CH2]CCNC(=O)OCCCCCC. The summed E-state index contributed by atoms with van der Waals surface area (Å²) in [6, 6.07) is 0. The zero-order valence-corrected chi connectivity index (χ0v) is 8.47. The van der Waals surface area contributed by atoms with Crippen molar-refractivity contribution in [2.45, 2.75) is 39.0 Å². The van der Waals surface area contributed by atoms with E-state index in [2.05, 4.69) is 19.2 Å². The number of carbonyl (C=O) groups excluding carboxylic acids is 1. The van der Waals surface area contributed by atoms with Crippen LogP contribution in [0.25, 0.3) is 0 Å². The maximum absolute atomic E-state index is 10.9. The minimum absolute atomic E-state index is 0.319. The second-order valence-corrected chi connectivity index (χ2v) is 2.98. The molecule has 0 saturated carbocycles. The molecule has 0 aliphatic carbocycles. The Hall–Kier alpha value is -0.730. The summed E-state index contributed by atoms with van der Waals surface area (Å²) in [4.78, 5) is 10.9. The first kappa shape index (κ1) is 12.3. The van der Waals surface area contributed by atoms with Gasteiger partial charge in [-0.15, -0.1) is 0 Å². The lowest BCUT2D eigenvalue weighted by atomic mass is 10.2. The van der Waals surface area contributed by atoms with Crippen molar-refractivity contribution in [1.29, 1.82) is 0 Å². The van der Waals surface area contributed by atoms with Crippen LogP contribution in [0, 0.1) is 6.92 Å². The lowest BCUT2D eigenvalue weighted by Gasteiger charge is -2.05. The van der Waals surface area contributed by atoms with E-state index < -0.39 is 0 Å². The minimum atomic E-state index is -0.319. The van der Waals surface area contributed by atoms with Gasteiger partial charge < -0.3 is 10.1 Å². The Kier molecular flexibility index (Phi) is 8.83. The van der Waals surface area contributed by atoms with Gasteiger partial charge in [-0.1, -0.05) is 33.1 Å². The van der Waals surface area contributed by atoms with Crippen molar-refractivity contribution >= 4 is 6.09 Å². The van der Waals surface area contributed by atoms with Gasteiger partial charge in [0.2, 0.25) is 0 Å². The van der Waals surface area contributed by atoms with Gasteiger partial charge in [-0.2, -0.15) is 0 Å². The summed E-state index contributed by atoms with van der Waals surface area (Å²) < 4.78 is 4.91. The second-order valence-electron chi connectivity index (χ2n) is 2.98. The van der Waals surface area contributed by atoms with Gasteiger partial charge in [-0.05, 0) is 12.8 Å². The molecule has 1 N–H and O–H groups in total. The predicted molar refractivity (Wildman–Crippen MR) is 53.5 cm³/mol. The first-order chi connectivity index (χ1) is 6.31. The topological polar surface area (TPSA) is 38.3 Å². The highest BCUT2D eigenvalue weighted by Gasteiger charge is 1.98. The van der Waals surface area contributed by atoms with Crippen molar-refractivity contribution in [2.24, 2.45) is 0 Å². The van der Waals surface area contributed by atoms with Gasteiger partial charge in [-0.25, -0.2) is 4.79 Å². The number of carbonyl (C=O) groups is 1. The van der Waals surface area contributed by atoms with E-state index in [4.69, 9.17) is 4.74 Å². The quantitative estimate of drug-likeness (QED) is 0.620. The normalized spacial score (nSPS) is 9.69. The largest absolute Gasteiger partial charge is 0.450 e. The molecule has 77 valence electrons. The molecule has 0 rings (SSSR count). The highest BCUT2D eigenvalue weighted by Crippen LogP contribution is 1.98. The minimum Gasteiger partial charge on any atom is -0.450 e. The van der Waals surface area contributed by atoms with E-state index in [9.17, 15) is 4.79 Å². The summed E-state index contributed by atoms with van der Waals surface area (Å²) in [6.45, 7) is 6.88. The zero-order valence-electron chi connectivity index (χ0n) is 8.47. The maximum Gasteiger partial charge on any atom is 0.407 e. The molecule has 0 unspecified atom stereocenters. The van der Waals surface area contributed by atoms with Gasteiger partial charge in [0.15, 0.2) is 0 Å². The van der Waals surface area contributed by atoms with Crippen molar-refractivity contribution in [2.75, 3.05) is 13.2 Å². The third kappa shape index (κ3) is 9.18. The van der Waals surface area contributed by atoms with Gasteiger partial charge in [0.1, 0.15) is 0 Å². The number of alkyl carbamates (subject to hydrolysis) is 1. The van der Waals surface area contributed by atoms with Crippen LogP contribution >= 0.6 is 0 Å². The fourth-order valence-corrected chi connectivity index (χ4v) is 0.935. The Morgan fingerprint density at radius 3 is 2.77 bits per heavy atom. The molecule has 0 aliphatic heterocycles. The molecule has 13 heavy (non-hydrogen) atoms. The van der Waals surface area contributed by atoms with Crippen LogP contribution in [-0.4, -0.2) is 19.2 Å². The predicted octanol–water partition coefficient (Wildman–Crippen LogP) is 2.52. The molecule has 0 fully saturated rings. The highest BCUT2D eigenvalue weighted by atomic mass is 16.5. The Bertz CT molecular complexity index is 126. The average molecular weight is 186 g/mol. The smallest absolute Gasteiger partial charge is 0.407 e. The summed E-state index contributed by atoms with van der Waals surface area (Å²) in [5.41, 5.74) is 0. The molecule has 0 aromatic rings. The van der Waals surface area contributed by atoms with Gasteiger partial charge >= 0.3 is 6.09 Å². The number of ether oxygens (including phenoxy) is 1. The molecule has 0 atom stereocenters. The molecule has 3 heteroatoms. The van der Waals surface area contributed by atoms with Crippen LogP contribution in [-0.2, 0) is 4.74 Å². The van der Waals surface area contributed by atoms with Crippen molar-refractivity contribution < 1.29 is 9.53 Å². The molecule has 3 nitrogen and oxygen atoms in total. The number of unbranched alkanes of at least 4 members (excludes halogenated alkanes) is 3. The monoisotopic (exact) mass is 186 g/mol. The first-order valence-electron chi connectivity index (χ1n) is 5.01. The number of hydrogen-bond donors (Lipinski definition) is 1. The first-order valence-corrected chi connectivity index (χ1v) is 5.01. The standard InChI is InChI=1S/C10H20NO2/c1-3-5-6-7-9-13-10(12)11-8-4-2/h2-9H2,1H3,(H,11,12). The number of nitrogens with one attached hydrogen (secondary N) is 1. The van der Waals surface area contributed by atoms with Gasteiger partial charge in [0.05, 0.1) is 6.61 Å². The summed E-state index contributed by atoms with van der Waals surface area (Å²) in [7, 11) is 0. The molecule has 0 spiro atoms. The Morgan fingerprint density at radius 2 is 2.15 bits per heavy atom. The van der Waals surface area contributed by atoms with Crippen molar-refractivity contribution in [3.63, 3.8) is 0 Å². The van der Waals surface area contributed by atoms with Crippen LogP contribution in [0.15, 0.2) is 0 Å². The summed E-state index contributed by atoms with van der Waals surface area (Å²) >= 11 is 0. The van der Waals surface area contributed by atoms with Gasteiger partial charge in [-0.3, -0.25) is 0 Å². The van der Waals surface area contributed by atoms with E-state index in [0.29, 0.717) is 19.6 Å². The molecule has 0 aliphatic rings. The van der Waals surface area contributed by atoms with E-state index in [1.165, 1.54) is 12.8 Å². The van der Waals surface area contributed by atoms with Crippen molar-refractivity contribution in [1.82, 2.24) is 5.32 Å². The summed E-state index contributed by atoms with van der Waals surface area (Å²) in [5, 5.41) is 2.60. The fourth-order valence-electron chi connectivity index (χ4n) is 0.935. The van der Waals surface area contributed by atoms with E-state index in [-0.39, 0.29) is 6.09 Å². The lowest BCUT2D eigenvalue weighted by Crippen LogP contribution is -2.25. The number of rotatable bonds is 7. The van der Waals surface area contributed by atoms with Crippen LogP contribution < -0.4 is 5.32 Å². The highest BCUT2D eigenvalue weighted by molar-refractivity contribution is 5.66. The molecule has 0 saturated heterocycles. The van der Waals surface area contributed by atoms with Crippen molar-refractivity contribution in [3.8, 4) is 0 Å². The molecule has 0 aromatic heterocycles. The van der Waals surface area contributed by atoms with Crippen LogP contribution in [0.5, 0.6) is 0 Å². The van der Waals surface area contributed by atoms with Crippen LogP contribution in [0.4, 0.5) is 4.79 Å². The Morgan fingerprint density at radius 1 is 1.38 bits per heavy atom. The average Bonchev–Trinajstić information content (AvgIpc) is 2.14. The molecule has 0 aromatic carbocycles. The third-order valence-electron chi connectivity index (χ3n) is 1.68. The number of hydrogen-bond acceptors (Lipinski definition) is 2. The Labute approximate surface area is 80.8 Å².